The van der Waals surface area contributed by atoms with Crippen LogP contribution in [-0.4, -0.2) is 71.8 Å². The van der Waals surface area contributed by atoms with Crippen molar-refractivity contribution in [3.63, 3.8) is 0 Å². The molecule has 1 aromatic heterocycles. The largest absolute Gasteiger partial charge is 0.493 e. The summed E-state index contributed by atoms with van der Waals surface area (Å²) in [5.74, 6) is 0.743. The molecule has 0 spiro atoms. The molecule has 0 unspecified atom stereocenters. The Labute approximate surface area is 253 Å². The number of nitrogens with one attached hydrogen (secondary N) is 2. The molecule has 1 fully saturated rings. The maximum Gasteiger partial charge on any atom is 0.410 e. The number of alkyl halides is 3. The second-order valence-electron chi connectivity index (χ2n) is 11.9. The molecule has 13 heteroatoms. The first-order chi connectivity index (χ1) is 20.8. The molecule has 2 aliphatic heterocycles. The van der Waals surface area contributed by atoms with Crippen molar-refractivity contribution in [3.05, 3.63) is 59.7 Å². The van der Waals surface area contributed by atoms with E-state index in [0.29, 0.717) is 53.4 Å². The van der Waals surface area contributed by atoms with Gasteiger partial charge in [0.15, 0.2) is 17.5 Å². The third-order valence-electron chi connectivity index (χ3n) is 7.60. The zero-order valence-electron chi connectivity index (χ0n) is 25.2. The Hall–Kier alpha value is -4.42. The smallest absolute Gasteiger partial charge is 0.410 e. The summed E-state index contributed by atoms with van der Waals surface area (Å²) in [6.45, 7) is 6.15. The minimum atomic E-state index is -4.55. The van der Waals surface area contributed by atoms with Gasteiger partial charge in [0.1, 0.15) is 11.4 Å². The molecule has 236 valence electrons. The van der Waals surface area contributed by atoms with Gasteiger partial charge in [0.05, 0.1) is 26.0 Å². The van der Waals surface area contributed by atoms with E-state index in [9.17, 15) is 22.8 Å². The summed E-state index contributed by atoms with van der Waals surface area (Å²) in [4.78, 5) is 27.1. The highest BCUT2D eigenvalue weighted by molar-refractivity contribution is 5.95. The van der Waals surface area contributed by atoms with E-state index in [0.717, 1.165) is 4.68 Å². The van der Waals surface area contributed by atoms with E-state index in [-0.39, 0.29) is 24.2 Å². The Morgan fingerprint density at radius 1 is 1.02 bits per heavy atom. The molecule has 0 aliphatic carbocycles. The molecule has 44 heavy (non-hydrogen) atoms. The van der Waals surface area contributed by atoms with Gasteiger partial charge in [-0.05, 0) is 57.0 Å². The lowest BCUT2D eigenvalue weighted by atomic mass is 9.96. The Morgan fingerprint density at radius 3 is 2.45 bits per heavy atom. The van der Waals surface area contributed by atoms with Crippen molar-refractivity contribution in [3.8, 4) is 22.8 Å². The summed E-state index contributed by atoms with van der Waals surface area (Å²) in [6, 6.07) is 10.4. The number of hydrogen-bond donors (Lipinski definition) is 2. The average Bonchev–Trinajstić information content (AvgIpc) is 3.62. The monoisotopic (exact) mass is 615 g/mol. The minimum Gasteiger partial charge on any atom is -0.493 e. The molecule has 0 radical (unpaired) electrons. The summed E-state index contributed by atoms with van der Waals surface area (Å²) in [7, 11) is 2.96. The third kappa shape index (κ3) is 6.71. The fourth-order valence-corrected chi connectivity index (χ4v) is 5.46. The number of anilines is 1. The molecule has 2 N–H and O–H groups in total. The second kappa shape index (κ2) is 11.9. The van der Waals surface area contributed by atoms with Crippen molar-refractivity contribution < 1.29 is 37.0 Å². The number of amides is 2. The first-order valence-electron chi connectivity index (χ1n) is 14.3. The molecular formula is C31H36F3N5O5. The number of ether oxygens (including phenoxy) is 3. The minimum absolute atomic E-state index is 0.205. The highest BCUT2D eigenvalue weighted by Crippen LogP contribution is 2.45. The van der Waals surface area contributed by atoms with Gasteiger partial charge in [-0.3, -0.25) is 4.79 Å². The number of aromatic nitrogens is 2. The molecule has 3 atom stereocenters. The Bertz CT molecular complexity index is 1530. The van der Waals surface area contributed by atoms with Crippen LogP contribution in [0.25, 0.3) is 11.3 Å². The van der Waals surface area contributed by atoms with Crippen molar-refractivity contribution in [2.24, 2.45) is 0 Å². The van der Waals surface area contributed by atoms with Gasteiger partial charge in [0.25, 0.3) is 5.91 Å². The van der Waals surface area contributed by atoms with Crippen LogP contribution in [0, 0.1) is 0 Å². The number of carbonyl (C=O) groups excluding carboxylic acids is 2. The van der Waals surface area contributed by atoms with Crippen molar-refractivity contribution in [1.29, 1.82) is 0 Å². The number of likely N-dealkylation sites (tertiary alicyclic amines) is 1. The van der Waals surface area contributed by atoms with Crippen molar-refractivity contribution in [2.45, 2.75) is 63.5 Å². The SMILES string of the molecule is COc1ccc([C@@H]2C[C@@H](C(F)(F)F)n3nc(-c4cccc(C(=O)N[C@H]5CCN(C(=O)OC(C)(C)C)C5)c4)cc3N2)cc1OC. The van der Waals surface area contributed by atoms with Crippen LogP contribution in [0.1, 0.15) is 61.6 Å². The predicted molar refractivity (Wildman–Crippen MR) is 157 cm³/mol. The molecule has 3 aromatic rings. The number of rotatable bonds is 6. The van der Waals surface area contributed by atoms with E-state index in [2.05, 4.69) is 15.7 Å². The Balaban J connectivity index is 1.34. The van der Waals surface area contributed by atoms with Gasteiger partial charge in [-0.15, -0.1) is 0 Å². The number of halogens is 3. The Kier molecular flexibility index (Phi) is 8.41. The molecule has 10 nitrogen and oxygen atoms in total. The van der Waals surface area contributed by atoms with Crippen molar-refractivity contribution >= 4 is 17.8 Å². The topological polar surface area (TPSA) is 107 Å². The molecule has 5 rings (SSSR count). The Morgan fingerprint density at radius 2 is 1.77 bits per heavy atom. The molecule has 2 aromatic carbocycles. The van der Waals surface area contributed by atoms with Crippen LogP contribution in [-0.2, 0) is 4.74 Å². The number of methoxy groups -OCH3 is 2. The molecule has 0 saturated carbocycles. The van der Waals surface area contributed by atoms with Gasteiger partial charge in [0, 0.05) is 42.7 Å². The number of carbonyl (C=O) groups is 2. The van der Waals surface area contributed by atoms with E-state index in [1.807, 2.05) is 0 Å². The number of benzene rings is 2. The van der Waals surface area contributed by atoms with Gasteiger partial charge >= 0.3 is 12.3 Å². The summed E-state index contributed by atoms with van der Waals surface area (Å²) >= 11 is 0. The van der Waals surface area contributed by atoms with Crippen LogP contribution in [0.4, 0.5) is 23.8 Å². The zero-order chi connectivity index (χ0) is 31.8. The lowest BCUT2D eigenvalue weighted by Crippen LogP contribution is -2.40. The summed E-state index contributed by atoms with van der Waals surface area (Å²) in [5, 5.41) is 10.5. The fourth-order valence-electron chi connectivity index (χ4n) is 5.46. The van der Waals surface area contributed by atoms with Gasteiger partial charge in [-0.2, -0.15) is 18.3 Å². The van der Waals surface area contributed by atoms with Crippen LogP contribution in [0.15, 0.2) is 48.5 Å². The van der Waals surface area contributed by atoms with Gasteiger partial charge in [0.2, 0.25) is 0 Å². The summed E-state index contributed by atoms with van der Waals surface area (Å²) < 4.78 is 59.9. The molecular weight excluding hydrogens is 579 g/mol. The van der Waals surface area contributed by atoms with E-state index < -0.39 is 30.0 Å². The second-order valence-corrected chi connectivity index (χ2v) is 11.9. The maximum absolute atomic E-state index is 14.3. The highest BCUT2D eigenvalue weighted by Gasteiger charge is 2.46. The lowest BCUT2D eigenvalue weighted by molar-refractivity contribution is -0.173. The molecule has 1 saturated heterocycles. The number of fused-ring (bicyclic) bond motifs is 1. The number of hydrogen-bond acceptors (Lipinski definition) is 7. The van der Waals surface area contributed by atoms with Crippen molar-refractivity contribution in [1.82, 2.24) is 20.0 Å². The van der Waals surface area contributed by atoms with E-state index in [1.165, 1.54) is 14.2 Å². The molecule has 2 amide bonds. The van der Waals surface area contributed by atoms with E-state index in [1.54, 1.807) is 74.2 Å². The van der Waals surface area contributed by atoms with Crippen LogP contribution >= 0.6 is 0 Å². The van der Waals surface area contributed by atoms with Crippen LogP contribution in [0.5, 0.6) is 11.5 Å². The van der Waals surface area contributed by atoms with Gasteiger partial charge in [-0.1, -0.05) is 18.2 Å². The summed E-state index contributed by atoms with van der Waals surface area (Å²) in [6.07, 6.45) is -4.69. The third-order valence-corrected chi connectivity index (χ3v) is 7.60. The molecule has 3 heterocycles. The summed E-state index contributed by atoms with van der Waals surface area (Å²) in [5.41, 5.74) is 1.10. The van der Waals surface area contributed by atoms with E-state index in [4.69, 9.17) is 14.2 Å². The first-order valence-corrected chi connectivity index (χ1v) is 14.3. The van der Waals surface area contributed by atoms with Crippen LogP contribution < -0.4 is 20.1 Å². The van der Waals surface area contributed by atoms with Crippen LogP contribution in [0.3, 0.4) is 0 Å². The average molecular weight is 616 g/mol. The molecule has 2 aliphatic rings. The van der Waals surface area contributed by atoms with Gasteiger partial charge < -0.3 is 29.7 Å². The number of nitrogens with zero attached hydrogens (tertiary/aromatic N) is 3. The van der Waals surface area contributed by atoms with Gasteiger partial charge in [-0.25, -0.2) is 9.48 Å². The predicted octanol–water partition coefficient (Wildman–Crippen LogP) is 5.97. The standard InChI is InChI=1S/C31H36F3N5O5/c1-30(2,3)44-29(41)38-12-11-21(17-38)35-28(40)20-8-6-7-18(13-20)23-16-27-36-22(15-26(31(32,33)34)39(27)37-23)19-9-10-24(42-4)25(14-19)43-5/h6-10,13-14,16,21-22,26,36H,11-12,15,17H2,1-5H3,(H,35,40)/t21-,22-,26-/m0/s1. The maximum atomic E-state index is 14.3. The first kappa shape index (κ1) is 31.0. The van der Waals surface area contributed by atoms with Crippen LogP contribution in [0.2, 0.25) is 0 Å². The molecule has 0 bridgehead atoms. The lowest BCUT2D eigenvalue weighted by Gasteiger charge is -2.33. The fraction of sp³-hybridized carbons (Fsp3) is 0.452. The van der Waals surface area contributed by atoms with E-state index >= 15 is 0 Å². The quantitative estimate of drug-likeness (QED) is 0.352. The zero-order valence-corrected chi connectivity index (χ0v) is 25.2. The highest BCUT2D eigenvalue weighted by atomic mass is 19.4. The normalized spacial score (nSPS) is 20.0. The van der Waals surface area contributed by atoms with Crippen molar-refractivity contribution in [2.75, 3.05) is 32.6 Å².